The van der Waals surface area contributed by atoms with Crippen molar-refractivity contribution in [2.24, 2.45) is 5.41 Å². The molecule has 26 heavy (non-hydrogen) atoms. The molecule has 1 aliphatic rings. The maximum Gasteiger partial charge on any atom is 0.231 e. The van der Waals surface area contributed by atoms with Crippen LogP contribution in [0.2, 0.25) is 0 Å². The number of H-pyrrole nitrogens is 1. The lowest BCUT2D eigenvalue weighted by Gasteiger charge is -2.30. The van der Waals surface area contributed by atoms with Gasteiger partial charge in [0.2, 0.25) is 5.91 Å². The molecule has 2 N–H and O–H groups in total. The molecule has 3 heterocycles. The Balaban J connectivity index is 1.58. The number of halogens is 1. The Morgan fingerprint density at radius 1 is 1.27 bits per heavy atom. The Bertz CT molecular complexity index is 752. The summed E-state index contributed by atoms with van der Waals surface area (Å²) in [5, 5.41) is 9.80. The van der Waals surface area contributed by atoms with Gasteiger partial charge in [0, 0.05) is 23.2 Å². The van der Waals surface area contributed by atoms with Crippen molar-refractivity contribution in [3.8, 4) is 11.3 Å². The summed E-state index contributed by atoms with van der Waals surface area (Å²) < 4.78 is 13.3. The summed E-state index contributed by atoms with van der Waals surface area (Å²) in [5.74, 6) is 0.0253. The lowest BCUT2D eigenvalue weighted by Crippen LogP contribution is -2.37. The van der Waals surface area contributed by atoms with Crippen molar-refractivity contribution in [1.82, 2.24) is 20.1 Å². The molecule has 2 aromatic heterocycles. The van der Waals surface area contributed by atoms with E-state index in [0.29, 0.717) is 17.1 Å². The quantitative estimate of drug-likeness (QED) is 0.828. The summed E-state index contributed by atoms with van der Waals surface area (Å²) in [5.41, 5.74) is 0.618. The maximum absolute atomic E-state index is 13.3. The highest BCUT2D eigenvalue weighted by Crippen LogP contribution is 2.25. The molecule has 1 saturated heterocycles. The molecule has 0 spiro atoms. The van der Waals surface area contributed by atoms with Gasteiger partial charge in [-0.3, -0.25) is 14.9 Å². The molecule has 2 aromatic rings. The van der Waals surface area contributed by atoms with Crippen LogP contribution < -0.4 is 5.32 Å². The normalized spacial score (nSPS) is 15.8. The molecule has 0 unspecified atom stereocenters. The number of carbonyl (C=O) groups is 1. The van der Waals surface area contributed by atoms with E-state index in [1.165, 1.54) is 31.5 Å². The number of hydrogen-bond donors (Lipinski definition) is 2. The minimum atomic E-state index is -0.483. The highest BCUT2D eigenvalue weighted by atomic mass is 19.1. The van der Waals surface area contributed by atoms with Gasteiger partial charge in [0.1, 0.15) is 11.6 Å². The summed E-state index contributed by atoms with van der Waals surface area (Å²) in [6, 6.07) is 3.05. The van der Waals surface area contributed by atoms with Gasteiger partial charge >= 0.3 is 0 Å². The van der Waals surface area contributed by atoms with Gasteiger partial charge in [-0.05, 0) is 45.0 Å². The van der Waals surface area contributed by atoms with Crippen LogP contribution in [0.25, 0.3) is 11.3 Å². The van der Waals surface area contributed by atoms with Gasteiger partial charge in [0.05, 0.1) is 11.9 Å². The zero-order valence-corrected chi connectivity index (χ0v) is 15.4. The fourth-order valence-electron chi connectivity index (χ4n) is 3.11. The molecule has 1 amide bonds. The van der Waals surface area contributed by atoms with Gasteiger partial charge in [-0.1, -0.05) is 20.3 Å². The number of nitrogens with one attached hydrogen (secondary N) is 2. The molecule has 0 bridgehead atoms. The number of aromatic nitrogens is 3. The molecule has 0 radical (unpaired) electrons. The van der Waals surface area contributed by atoms with Crippen LogP contribution in [0.15, 0.2) is 24.5 Å². The van der Waals surface area contributed by atoms with Crippen molar-refractivity contribution in [3.05, 3.63) is 30.3 Å². The first kappa shape index (κ1) is 18.5. The van der Waals surface area contributed by atoms with E-state index in [9.17, 15) is 9.18 Å². The van der Waals surface area contributed by atoms with Gasteiger partial charge < -0.3 is 10.2 Å². The Hall–Kier alpha value is -2.28. The van der Waals surface area contributed by atoms with Crippen LogP contribution in [0, 0.1) is 11.2 Å². The number of likely N-dealkylation sites (tertiary alicyclic amines) is 1. The summed E-state index contributed by atoms with van der Waals surface area (Å²) in [7, 11) is 0. The van der Waals surface area contributed by atoms with E-state index in [-0.39, 0.29) is 5.91 Å². The van der Waals surface area contributed by atoms with Crippen LogP contribution in [0.4, 0.5) is 10.2 Å². The van der Waals surface area contributed by atoms with E-state index in [2.05, 4.69) is 25.4 Å². The molecule has 1 fully saturated rings. The number of aromatic amines is 1. The fraction of sp³-hybridized carbons (Fsp3) is 0.526. The largest absolute Gasteiger partial charge is 0.311 e. The van der Waals surface area contributed by atoms with Crippen LogP contribution in [0.1, 0.15) is 39.5 Å². The van der Waals surface area contributed by atoms with Crippen molar-refractivity contribution in [3.63, 3.8) is 0 Å². The molecule has 0 aliphatic carbocycles. The predicted molar refractivity (Wildman–Crippen MR) is 99.1 cm³/mol. The van der Waals surface area contributed by atoms with Gasteiger partial charge in [-0.25, -0.2) is 4.39 Å². The molecule has 140 valence electrons. The zero-order chi connectivity index (χ0) is 18.6. The Morgan fingerprint density at radius 2 is 2.04 bits per heavy atom. The van der Waals surface area contributed by atoms with Gasteiger partial charge in [0.25, 0.3) is 0 Å². The molecule has 0 atom stereocenters. The lowest BCUT2D eigenvalue weighted by molar-refractivity contribution is -0.124. The highest BCUT2D eigenvalue weighted by Gasteiger charge is 2.29. The predicted octanol–water partition coefficient (Wildman–Crippen LogP) is 3.45. The van der Waals surface area contributed by atoms with Crippen molar-refractivity contribution in [2.45, 2.75) is 39.5 Å². The molecule has 0 saturated carbocycles. The van der Waals surface area contributed by atoms with E-state index < -0.39 is 11.2 Å². The standard InChI is InChI=1S/C19H26FN5O/c1-19(2,6-9-25-7-4-3-5-8-25)18(26)22-17-11-16(23-24-17)14-10-15(20)13-21-12-14/h10-13H,3-9H2,1-2H3,(H2,22,23,24,26). The highest BCUT2D eigenvalue weighted by molar-refractivity contribution is 5.94. The van der Waals surface area contributed by atoms with Crippen LogP contribution >= 0.6 is 0 Å². The van der Waals surface area contributed by atoms with Crippen LogP contribution in [0.5, 0.6) is 0 Å². The first-order valence-electron chi connectivity index (χ1n) is 9.14. The van der Waals surface area contributed by atoms with E-state index in [1.54, 1.807) is 6.07 Å². The molecule has 6 nitrogen and oxygen atoms in total. The number of amides is 1. The first-order chi connectivity index (χ1) is 12.4. The molecule has 3 rings (SSSR count). The van der Waals surface area contributed by atoms with Gasteiger partial charge in [-0.15, -0.1) is 0 Å². The van der Waals surface area contributed by atoms with Crippen molar-refractivity contribution in [2.75, 3.05) is 25.0 Å². The van der Waals surface area contributed by atoms with E-state index in [1.807, 2.05) is 13.8 Å². The number of nitrogens with zero attached hydrogens (tertiary/aromatic N) is 3. The number of rotatable bonds is 6. The monoisotopic (exact) mass is 359 g/mol. The number of pyridine rings is 1. The van der Waals surface area contributed by atoms with Crippen molar-refractivity contribution < 1.29 is 9.18 Å². The minimum Gasteiger partial charge on any atom is -0.311 e. The molecule has 7 heteroatoms. The second-order valence-corrected chi connectivity index (χ2v) is 7.55. The van der Waals surface area contributed by atoms with Gasteiger partial charge in [-0.2, -0.15) is 5.10 Å². The number of piperidine rings is 1. The van der Waals surface area contributed by atoms with Crippen LogP contribution in [-0.2, 0) is 4.79 Å². The van der Waals surface area contributed by atoms with Crippen molar-refractivity contribution >= 4 is 11.7 Å². The Labute approximate surface area is 153 Å². The average Bonchev–Trinajstić information content (AvgIpc) is 3.09. The number of anilines is 1. The fourth-order valence-corrected chi connectivity index (χ4v) is 3.11. The first-order valence-corrected chi connectivity index (χ1v) is 9.14. The average molecular weight is 359 g/mol. The Kier molecular flexibility index (Phi) is 5.66. The third-order valence-corrected chi connectivity index (χ3v) is 4.94. The van der Waals surface area contributed by atoms with E-state index >= 15 is 0 Å². The smallest absolute Gasteiger partial charge is 0.231 e. The minimum absolute atomic E-state index is 0.0536. The summed E-state index contributed by atoms with van der Waals surface area (Å²) in [4.78, 5) is 18.9. The number of hydrogen-bond acceptors (Lipinski definition) is 4. The molecular weight excluding hydrogens is 333 g/mol. The number of carbonyl (C=O) groups excluding carboxylic acids is 1. The summed E-state index contributed by atoms with van der Waals surface area (Å²) >= 11 is 0. The third-order valence-electron chi connectivity index (χ3n) is 4.94. The van der Waals surface area contributed by atoms with Crippen LogP contribution in [0.3, 0.4) is 0 Å². The SMILES string of the molecule is CC(C)(CCN1CCCCC1)C(=O)Nc1cc(-c2cncc(F)c2)n[nH]1. The molecule has 1 aliphatic heterocycles. The maximum atomic E-state index is 13.3. The molecular formula is C19H26FN5O. The third kappa shape index (κ3) is 4.66. The second-order valence-electron chi connectivity index (χ2n) is 7.55. The van der Waals surface area contributed by atoms with E-state index in [4.69, 9.17) is 0 Å². The lowest BCUT2D eigenvalue weighted by atomic mass is 9.87. The molecule has 0 aromatic carbocycles. The van der Waals surface area contributed by atoms with Gasteiger partial charge in [0.15, 0.2) is 0 Å². The second kappa shape index (κ2) is 7.95. The van der Waals surface area contributed by atoms with E-state index in [0.717, 1.165) is 32.3 Å². The zero-order valence-electron chi connectivity index (χ0n) is 15.4. The van der Waals surface area contributed by atoms with Crippen molar-refractivity contribution in [1.29, 1.82) is 0 Å². The topological polar surface area (TPSA) is 73.9 Å². The summed E-state index contributed by atoms with van der Waals surface area (Å²) in [6.45, 7) is 7.11. The Morgan fingerprint density at radius 3 is 2.77 bits per heavy atom. The van der Waals surface area contributed by atoms with Crippen LogP contribution in [-0.4, -0.2) is 45.6 Å². The summed E-state index contributed by atoms with van der Waals surface area (Å²) in [6.07, 6.45) is 7.28.